The van der Waals surface area contributed by atoms with E-state index in [1.807, 2.05) is 6.08 Å². The summed E-state index contributed by atoms with van der Waals surface area (Å²) in [6.07, 6.45) is 6.76. The van der Waals surface area contributed by atoms with Crippen LogP contribution in [0.25, 0.3) is 0 Å². The lowest BCUT2D eigenvalue weighted by Gasteiger charge is -2.35. The van der Waals surface area contributed by atoms with Crippen LogP contribution in [-0.4, -0.2) is 18.0 Å². The number of carbonyl (C=O) groups is 2. The Morgan fingerprint density at radius 1 is 1.42 bits per heavy atom. The predicted octanol–water partition coefficient (Wildman–Crippen LogP) is 3.28. The predicted molar refractivity (Wildman–Crippen MR) is 72.2 cm³/mol. The van der Waals surface area contributed by atoms with Gasteiger partial charge in [0.15, 0.2) is 11.4 Å². The van der Waals surface area contributed by atoms with E-state index in [9.17, 15) is 9.59 Å². The SMILES string of the molecule is C=CCCCCCC1(C)OC(=O)CC(C)=C1OC=O. The number of hydrogen-bond donors (Lipinski definition) is 0. The van der Waals surface area contributed by atoms with Crippen LogP contribution in [-0.2, 0) is 19.1 Å². The largest absolute Gasteiger partial charge is 0.451 e. The lowest BCUT2D eigenvalue weighted by atomic mass is 9.90. The second-order valence-corrected chi connectivity index (χ2v) is 5.09. The molecule has 0 aromatic rings. The number of cyclic esters (lactones) is 1. The maximum atomic E-state index is 11.6. The van der Waals surface area contributed by atoms with Crippen LogP contribution >= 0.6 is 0 Å². The van der Waals surface area contributed by atoms with Crippen LogP contribution in [0.5, 0.6) is 0 Å². The molecule has 0 N–H and O–H groups in total. The molecule has 4 heteroatoms. The smallest absolute Gasteiger partial charge is 0.311 e. The fourth-order valence-corrected chi connectivity index (χ4v) is 2.45. The lowest BCUT2D eigenvalue weighted by molar-refractivity contribution is -0.163. The molecular weight excluding hydrogens is 244 g/mol. The van der Waals surface area contributed by atoms with Crippen molar-refractivity contribution in [3.8, 4) is 0 Å². The second-order valence-electron chi connectivity index (χ2n) is 5.09. The highest BCUT2D eigenvalue weighted by Gasteiger charge is 2.40. The van der Waals surface area contributed by atoms with E-state index >= 15 is 0 Å². The lowest BCUT2D eigenvalue weighted by Crippen LogP contribution is -2.39. The van der Waals surface area contributed by atoms with E-state index in [2.05, 4.69) is 6.58 Å². The monoisotopic (exact) mass is 266 g/mol. The van der Waals surface area contributed by atoms with E-state index in [1.165, 1.54) is 0 Å². The van der Waals surface area contributed by atoms with Crippen molar-refractivity contribution in [3.63, 3.8) is 0 Å². The fourth-order valence-electron chi connectivity index (χ4n) is 2.45. The molecule has 0 bridgehead atoms. The van der Waals surface area contributed by atoms with Crippen molar-refractivity contribution in [1.29, 1.82) is 0 Å². The molecule has 0 saturated carbocycles. The summed E-state index contributed by atoms with van der Waals surface area (Å²) in [7, 11) is 0. The molecule has 4 nitrogen and oxygen atoms in total. The molecule has 1 aliphatic heterocycles. The maximum Gasteiger partial charge on any atom is 0.311 e. The third-order valence-corrected chi connectivity index (χ3v) is 3.34. The summed E-state index contributed by atoms with van der Waals surface area (Å²) in [6, 6.07) is 0. The van der Waals surface area contributed by atoms with E-state index in [0.29, 0.717) is 18.7 Å². The molecule has 0 saturated heterocycles. The number of rotatable bonds is 8. The van der Waals surface area contributed by atoms with Gasteiger partial charge >= 0.3 is 5.97 Å². The quantitative estimate of drug-likeness (QED) is 0.293. The number of allylic oxidation sites excluding steroid dienone is 1. The number of unbranched alkanes of at least 4 members (excludes halogenated alkanes) is 3. The Labute approximate surface area is 114 Å². The molecule has 19 heavy (non-hydrogen) atoms. The maximum absolute atomic E-state index is 11.6. The Morgan fingerprint density at radius 2 is 2.16 bits per heavy atom. The fraction of sp³-hybridized carbons (Fsp3) is 0.600. The van der Waals surface area contributed by atoms with Gasteiger partial charge in [-0.15, -0.1) is 6.58 Å². The van der Waals surface area contributed by atoms with Gasteiger partial charge in [-0.1, -0.05) is 12.5 Å². The number of ether oxygens (including phenoxy) is 2. The summed E-state index contributed by atoms with van der Waals surface area (Å²) in [4.78, 5) is 22.2. The van der Waals surface area contributed by atoms with E-state index in [1.54, 1.807) is 13.8 Å². The van der Waals surface area contributed by atoms with Crippen LogP contribution in [0.1, 0.15) is 52.4 Å². The Bertz CT molecular complexity index is 384. The van der Waals surface area contributed by atoms with Gasteiger partial charge in [-0.25, -0.2) is 0 Å². The molecule has 0 spiro atoms. The minimum Gasteiger partial charge on any atom is -0.451 e. The van der Waals surface area contributed by atoms with Crippen molar-refractivity contribution in [2.45, 2.75) is 58.0 Å². The molecular formula is C15H22O4. The third kappa shape index (κ3) is 4.23. The van der Waals surface area contributed by atoms with Crippen molar-refractivity contribution in [1.82, 2.24) is 0 Å². The Hall–Kier alpha value is -1.58. The summed E-state index contributed by atoms with van der Waals surface area (Å²) in [5.41, 5.74) is -0.0361. The van der Waals surface area contributed by atoms with Gasteiger partial charge in [-0.2, -0.15) is 0 Å². The van der Waals surface area contributed by atoms with Gasteiger partial charge in [0.2, 0.25) is 0 Å². The van der Waals surface area contributed by atoms with Crippen LogP contribution in [0.15, 0.2) is 24.0 Å². The normalized spacial score (nSPS) is 22.9. The first kappa shape index (κ1) is 15.5. The van der Waals surface area contributed by atoms with E-state index in [0.717, 1.165) is 31.3 Å². The van der Waals surface area contributed by atoms with Gasteiger partial charge < -0.3 is 9.47 Å². The van der Waals surface area contributed by atoms with Crippen molar-refractivity contribution >= 4 is 12.4 Å². The Kier molecular flexibility index (Phi) is 5.80. The molecule has 0 fully saturated rings. The standard InChI is InChI=1S/C15H22O4/c1-4-5-6-7-8-9-15(3)14(18-11-16)12(2)10-13(17)19-15/h4,11H,1,5-10H2,2-3H3. The van der Waals surface area contributed by atoms with Gasteiger partial charge in [0.05, 0.1) is 6.42 Å². The molecule has 1 aliphatic rings. The molecule has 0 aromatic heterocycles. The second kappa shape index (κ2) is 7.12. The average molecular weight is 266 g/mol. The number of carbonyl (C=O) groups excluding carboxylic acids is 2. The van der Waals surface area contributed by atoms with Crippen molar-refractivity contribution in [2.75, 3.05) is 0 Å². The van der Waals surface area contributed by atoms with Crippen LogP contribution < -0.4 is 0 Å². The summed E-state index contributed by atoms with van der Waals surface area (Å²) in [5.74, 6) is 0.232. The van der Waals surface area contributed by atoms with E-state index < -0.39 is 5.60 Å². The van der Waals surface area contributed by atoms with E-state index in [-0.39, 0.29) is 12.4 Å². The molecule has 1 unspecified atom stereocenters. The third-order valence-electron chi connectivity index (χ3n) is 3.34. The molecule has 0 radical (unpaired) electrons. The number of esters is 1. The van der Waals surface area contributed by atoms with Gasteiger partial charge in [-0.05, 0) is 45.1 Å². The molecule has 1 atom stereocenters. The zero-order valence-corrected chi connectivity index (χ0v) is 11.7. The zero-order valence-electron chi connectivity index (χ0n) is 11.7. The first-order chi connectivity index (χ1) is 9.03. The van der Waals surface area contributed by atoms with Crippen LogP contribution in [0.4, 0.5) is 0 Å². The van der Waals surface area contributed by atoms with Gasteiger partial charge in [0.1, 0.15) is 0 Å². The topological polar surface area (TPSA) is 52.6 Å². The number of hydrogen-bond acceptors (Lipinski definition) is 4. The summed E-state index contributed by atoms with van der Waals surface area (Å²) in [5, 5.41) is 0. The van der Waals surface area contributed by atoms with Crippen LogP contribution in [0.2, 0.25) is 0 Å². The zero-order chi connectivity index (χ0) is 14.3. The van der Waals surface area contributed by atoms with E-state index in [4.69, 9.17) is 9.47 Å². The Balaban J connectivity index is 2.68. The Morgan fingerprint density at radius 3 is 2.79 bits per heavy atom. The minimum absolute atomic E-state index is 0.190. The molecule has 0 aliphatic carbocycles. The van der Waals surface area contributed by atoms with Gasteiger partial charge in [-0.3, -0.25) is 9.59 Å². The highest BCUT2D eigenvalue weighted by Crippen LogP contribution is 2.35. The van der Waals surface area contributed by atoms with Crippen LogP contribution in [0, 0.1) is 0 Å². The van der Waals surface area contributed by atoms with Crippen molar-refractivity contribution in [2.24, 2.45) is 0 Å². The first-order valence-corrected chi connectivity index (χ1v) is 6.67. The molecule has 0 aromatic carbocycles. The molecule has 1 heterocycles. The first-order valence-electron chi connectivity index (χ1n) is 6.67. The van der Waals surface area contributed by atoms with Crippen molar-refractivity contribution in [3.05, 3.63) is 24.0 Å². The molecule has 0 amide bonds. The average Bonchev–Trinajstić information content (AvgIpc) is 2.33. The van der Waals surface area contributed by atoms with Crippen molar-refractivity contribution < 1.29 is 19.1 Å². The summed E-state index contributed by atoms with van der Waals surface area (Å²) in [6.45, 7) is 7.69. The van der Waals surface area contributed by atoms with Crippen LogP contribution in [0.3, 0.4) is 0 Å². The van der Waals surface area contributed by atoms with Gasteiger partial charge in [0.25, 0.3) is 6.47 Å². The summed E-state index contributed by atoms with van der Waals surface area (Å²) >= 11 is 0. The minimum atomic E-state index is -0.811. The highest BCUT2D eigenvalue weighted by atomic mass is 16.6. The highest BCUT2D eigenvalue weighted by molar-refractivity contribution is 5.75. The summed E-state index contributed by atoms with van der Waals surface area (Å²) < 4.78 is 10.5. The molecule has 106 valence electrons. The van der Waals surface area contributed by atoms with Gasteiger partial charge in [0, 0.05) is 0 Å². The molecule has 1 rings (SSSR count).